The molecule has 1 aliphatic rings. The molecule has 0 spiro atoms. The lowest BCUT2D eigenvalue weighted by Gasteiger charge is -2.06. The van der Waals surface area contributed by atoms with E-state index in [-0.39, 0.29) is 5.91 Å². The Morgan fingerprint density at radius 2 is 2.24 bits per heavy atom. The molecule has 1 saturated carbocycles. The minimum atomic E-state index is -0.0964. The molecule has 4 N–H and O–H groups in total. The Kier molecular flexibility index (Phi) is 5.67. The van der Waals surface area contributed by atoms with Gasteiger partial charge in [0.25, 0.3) is 5.91 Å². The molecule has 116 valence electrons. The van der Waals surface area contributed by atoms with E-state index in [1.165, 1.54) is 42.6 Å². The predicted octanol–water partition coefficient (Wildman–Crippen LogP) is 3.73. The van der Waals surface area contributed by atoms with Gasteiger partial charge in [0.15, 0.2) is 0 Å². The number of unbranched alkanes of at least 4 members (excludes halogenated alkanes) is 2. The van der Waals surface area contributed by atoms with Gasteiger partial charge in [-0.2, -0.15) is 0 Å². The Bertz CT molecular complexity index is 506. The van der Waals surface area contributed by atoms with Gasteiger partial charge in [-0.25, -0.2) is 0 Å². The number of carbonyl (C=O) groups is 1. The zero-order chi connectivity index (χ0) is 15.2. The molecule has 0 aromatic carbocycles. The number of hydrogen-bond donors (Lipinski definition) is 3. The van der Waals surface area contributed by atoms with E-state index in [4.69, 9.17) is 5.73 Å². The molecule has 0 saturated heterocycles. The summed E-state index contributed by atoms with van der Waals surface area (Å²) in [6.45, 7) is 7.22. The molecule has 4 nitrogen and oxygen atoms in total. The van der Waals surface area contributed by atoms with E-state index in [0.717, 1.165) is 18.0 Å². The lowest BCUT2D eigenvalue weighted by atomic mass is 10.1. The number of hydrogen-bond acceptors (Lipinski definition) is 4. The van der Waals surface area contributed by atoms with Crippen molar-refractivity contribution in [2.24, 2.45) is 0 Å². The number of nitrogens with one attached hydrogen (secondary N) is 2. The minimum Gasteiger partial charge on any atom is -0.397 e. The Hall–Kier alpha value is -1.49. The molecule has 1 aromatic heterocycles. The Labute approximate surface area is 130 Å². The summed E-state index contributed by atoms with van der Waals surface area (Å²) in [5.74, 6) is 0.441. The van der Waals surface area contributed by atoms with Crippen LogP contribution in [0.2, 0.25) is 0 Å². The van der Waals surface area contributed by atoms with Crippen LogP contribution >= 0.6 is 11.3 Å². The second-order valence-electron chi connectivity index (χ2n) is 5.49. The third-order valence-corrected chi connectivity index (χ3v) is 4.83. The van der Waals surface area contributed by atoms with Crippen molar-refractivity contribution in [3.63, 3.8) is 0 Å². The van der Waals surface area contributed by atoms with Crippen LogP contribution < -0.4 is 16.4 Å². The van der Waals surface area contributed by atoms with Gasteiger partial charge in [0, 0.05) is 18.7 Å². The first-order valence-electron chi connectivity index (χ1n) is 7.74. The molecule has 1 amide bonds. The highest BCUT2D eigenvalue weighted by Crippen LogP contribution is 2.50. The average molecular weight is 307 g/mol. The highest BCUT2D eigenvalue weighted by Gasteiger charge is 2.32. The molecule has 1 heterocycles. The molecule has 0 bridgehead atoms. The van der Waals surface area contributed by atoms with Crippen LogP contribution in [0.4, 0.5) is 10.7 Å². The third-order valence-electron chi connectivity index (χ3n) is 3.65. The van der Waals surface area contributed by atoms with Crippen LogP contribution in [-0.4, -0.2) is 19.0 Å². The number of rotatable bonds is 9. The van der Waals surface area contributed by atoms with E-state index in [0.29, 0.717) is 23.0 Å². The molecule has 0 aliphatic heterocycles. The summed E-state index contributed by atoms with van der Waals surface area (Å²) < 4.78 is 0. The number of nitrogen functional groups attached to an aromatic ring is 1. The van der Waals surface area contributed by atoms with E-state index in [2.05, 4.69) is 24.1 Å². The van der Waals surface area contributed by atoms with Gasteiger partial charge in [-0.3, -0.25) is 4.79 Å². The maximum Gasteiger partial charge on any atom is 0.263 e. The standard InChI is InChI=1S/C16H25N3OS/c1-3-5-6-10-19-16-12(11-7-8-11)13(17)14(21-16)15(20)18-9-4-2/h4,11,19H,2-3,5-10,17H2,1H3,(H,18,20). The molecule has 2 rings (SSSR count). The van der Waals surface area contributed by atoms with Crippen LogP contribution in [0.1, 0.15) is 60.2 Å². The molecule has 21 heavy (non-hydrogen) atoms. The van der Waals surface area contributed by atoms with Crippen LogP contribution in [0.25, 0.3) is 0 Å². The summed E-state index contributed by atoms with van der Waals surface area (Å²) in [6.07, 6.45) is 7.61. The van der Waals surface area contributed by atoms with Gasteiger partial charge >= 0.3 is 0 Å². The molecule has 0 unspecified atom stereocenters. The maximum atomic E-state index is 12.2. The monoisotopic (exact) mass is 307 g/mol. The molecule has 1 aliphatic carbocycles. The highest BCUT2D eigenvalue weighted by atomic mass is 32.1. The zero-order valence-corrected chi connectivity index (χ0v) is 13.5. The van der Waals surface area contributed by atoms with Gasteiger partial charge in [0.2, 0.25) is 0 Å². The quantitative estimate of drug-likeness (QED) is 0.481. The number of thiophene rings is 1. The van der Waals surface area contributed by atoms with E-state index < -0.39 is 0 Å². The number of carbonyl (C=O) groups excluding carboxylic acids is 1. The molecule has 0 radical (unpaired) electrons. The van der Waals surface area contributed by atoms with Crippen LogP contribution in [0.5, 0.6) is 0 Å². The SMILES string of the molecule is C=CCNC(=O)c1sc(NCCCCC)c(C2CC2)c1N. The van der Waals surface area contributed by atoms with E-state index >= 15 is 0 Å². The summed E-state index contributed by atoms with van der Waals surface area (Å²) in [5.41, 5.74) is 8.07. The van der Waals surface area contributed by atoms with Crippen molar-refractivity contribution in [2.45, 2.75) is 44.9 Å². The second kappa shape index (κ2) is 7.50. The fourth-order valence-electron chi connectivity index (χ4n) is 2.36. The summed E-state index contributed by atoms with van der Waals surface area (Å²) in [7, 11) is 0. The van der Waals surface area contributed by atoms with E-state index in [1.54, 1.807) is 6.08 Å². The largest absolute Gasteiger partial charge is 0.397 e. The summed E-state index contributed by atoms with van der Waals surface area (Å²) in [4.78, 5) is 12.8. The van der Waals surface area contributed by atoms with E-state index in [9.17, 15) is 4.79 Å². The Morgan fingerprint density at radius 1 is 1.48 bits per heavy atom. The van der Waals surface area contributed by atoms with E-state index in [1.807, 2.05) is 0 Å². The van der Waals surface area contributed by atoms with Crippen LogP contribution in [0, 0.1) is 0 Å². The second-order valence-corrected chi connectivity index (χ2v) is 6.52. The first-order chi connectivity index (χ1) is 10.2. The molecule has 0 atom stereocenters. The summed E-state index contributed by atoms with van der Waals surface area (Å²) in [5, 5.41) is 7.38. The lowest BCUT2D eigenvalue weighted by molar-refractivity contribution is 0.0963. The highest BCUT2D eigenvalue weighted by molar-refractivity contribution is 7.18. The Balaban J connectivity index is 2.11. The predicted molar refractivity (Wildman–Crippen MR) is 91.3 cm³/mol. The van der Waals surface area contributed by atoms with Crippen LogP contribution in [-0.2, 0) is 0 Å². The van der Waals surface area contributed by atoms with Gasteiger partial charge < -0.3 is 16.4 Å². The zero-order valence-electron chi connectivity index (χ0n) is 12.7. The smallest absolute Gasteiger partial charge is 0.263 e. The van der Waals surface area contributed by atoms with Crippen LogP contribution in [0.15, 0.2) is 12.7 Å². The van der Waals surface area contributed by atoms with Crippen molar-refractivity contribution in [1.82, 2.24) is 5.32 Å². The lowest BCUT2D eigenvalue weighted by Crippen LogP contribution is -2.23. The molecular weight excluding hydrogens is 282 g/mol. The van der Waals surface area contributed by atoms with Crippen molar-refractivity contribution >= 4 is 27.9 Å². The van der Waals surface area contributed by atoms with Gasteiger partial charge in [-0.1, -0.05) is 25.8 Å². The first kappa shape index (κ1) is 15.9. The van der Waals surface area contributed by atoms with Gasteiger partial charge in [0.05, 0.1) is 10.7 Å². The summed E-state index contributed by atoms with van der Waals surface area (Å²) >= 11 is 1.49. The molecule has 1 fully saturated rings. The molecule has 5 heteroatoms. The van der Waals surface area contributed by atoms with Crippen molar-refractivity contribution in [2.75, 3.05) is 24.1 Å². The van der Waals surface area contributed by atoms with Gasteiger partial charge in [-0.05, 0) is 25.2 Å². The number of anilines is 2. The average Bonchev–Trinajstić information content (AvgIpc) is 3.25. The van der Waals surface area contributed by atoms with Gasteiger partial charge in [0.1, 0.15) is 4.88 Å². The fraction of sp³-hybridized carbons (Fsp3) is 0.562. The van der Waals surface area contributed by atoms with Crippen molar-refractivity contribution in [1.29, 1.82) is 0 Å². The first-order valence-corrected chi connectivity index (χ1v) is 8.55. The normalized spacial score (nSPS) is 14.0. The van der Waals surface area contributed by atoms with Crippen LogP contribution in [0.3, 0.4) is 0 Å². The Morgan fingerprint density at radius 3 is 2.86 bits per heavy atom. The number of amides is 1. The summed E-state index contributed by atoms with van der Waals surface area (Å²) in [6, 6.07) is 0. The number of nitrogens with two attached hydrogens (primary N) is 1. The van der Waals surface area contributed by atoms with Crippen molar-refractivity contribution in [3.8, 4) is 0 Å². The molecule has 1 aromatic rings. The maximum absolute atomic E-state index is 12.2. The van der Waals surface area contributed by atoms with Gasteiger partial charge in [-0.15, -0.1) is 17.9 Å². The van der Waals surface area contributed by atoms with Crippen molar-refractivity contribution in [3.05, 3.63) is 23.1 Å². The molecular formula is C16H25N3OS. The third kappa shape index (κ3) is 4.00. The van der Waals surface area contributed by atoms with Crippen molar-refractivity contribution < 1.29 is 4.79 Å². The topological polar surface area (TPSA) is 67.2 Å². The fourth-order valence-corrected chi connectivity index (χ4v) is 3.51. The minimum absolute atomic E-state index is 0.0964.